The number of benzene rings is 2. The van der Waals surface area contributed by atoms with Gasteiger partial charge < -0.3 is 10.6 Å². The molecule has 0 fully saturated rings. The van der Waals surface area contributed by atoms with Crippen LogP contribution in [0.2, 0.25) is 0 Å². The number of anilines is 2. The molecule has 2 aliphatic heterocycles. The third-order valence-corrected chi connectivity index (χ3v) is 5.71. The summed E-state index contributed by atoms with van der Waals surface area (Å²) >= 11 is 0. The van der Waals surface area contributed by atoms with E-state index in [2.05, 4.69) is 10.6 Å². The highest BCUT2D eigenvalue weighted by Crippen LogP contribution is 2.48. The molecule has 4 N–H and O–H groups in total. The number of primary sulfonamides is 1. The molecule has 6 nitrogen and oxygen atoms in total. The van der Waals surface area contributed by atoms with E-state index in [-0.39, 0.29) is 10.8 Å². The Kier molecular flexibility index (Phi) is 3.13. The Morgan fingerprint density at radius 2 is 1.72 bits per heavy atom. The highest BCUT2D eigenvalue weighted by molar-refractivity contribution is 7.89. The fourth-order valence-corrected chi connectivity index (χ4v) is 4.03. The van der Waals surface area contributed by atoms with Crippen LogP contribution in [0.25, 0.3) is 5.57 Å². The van der Waals surface area contributed by atoms with E-state index in [4.69, 9.17) is 5.14 Å². The largest absolute Gasteiger partial charge is 0.357 e. The summed E-state index contributed by atoms with van der Waals surface area (Å²) in [7, 11) is -3.79. The normalized spacial score (nSPS) is 20.7. The van der Waals surface area contributed by atoms with Crippen molar-refractivity contribution in [1.29, 1.82) is 0 Å². The zero-order chi connectivity index (χ0) is 18.0. The Hall–Kier alpha value is -2.64. The molecule has 7 heteroatoms. The molecule has 25 heavy (non-hydrogen) atoms. The number of allylic oxidation sites excluding steroid dienone is 1. The van der Waals surface area contributed by atoms with Crippen molar-refractivity contribution >= 4 is 32.9 Å². The molecular formula is C18H17N3O3S. The van der Waals surface area contributed by atoms with Crippen LogP contribution in [0.3, 0.4) is 0 Å². The van der Waals surface area contributed by atoms with Gasteiger partial charge in [0.25, 0.3) is 5.91 Å². The Labute approximate surface area is 145 Å². The van der Waals surface area contributed by atoms with Gasteiger partial charge in [-0.3, -0.25) is 4.79 Å². The van der Waals surface area contributed by atoms with Crippen molar-refractivity contribution in [3.63, 3.8) is 0 Å². The van der Waals surface area contributed by atoms with Crippen LogP contribution in [-0.4, -0.2) is 14.3 Å². The second-order valence-electron chi connectivity index (χ2n) is 6.75. The van der Waals surface area contributed by atoms with Gasteiger partial charge in [0.05, 0.1) is 10.5 Å². The number of hydrogen-bond donors (Lipinski definition) is 3. The average molecular weight is 355 g/mol. The third-order valence-electron chi connectivity index (χ3n) is 4.80. The minimum absolute atomic E-state index is 0.0589. The molecule has 0 saturated carbocycles. The quantitative estimate of drug-likeness (QED) is 0.684. The number of hydrogen-bond acceptors (Lipinski definition) is 4. The smallest absolute Gasteiger partial charge is 0.258 e. The third kappa shape index (κ3) is 2.27. The van der Waals surface area contributed by atoms with Crippen LogP contribution >= 0.6 is 0 Å². The number of carbonyl (C=O) groups excluding carboxylic acids is 1. The first-order valence-corrected chi connectivity index (χ1v) is 9.34. The van der Waals surface area contributed by atoms with Crippen LogP contribution in [0.5, 0.6) is 0 Å². The van der Waals surface area contributed by atoms with Crippen LogP contribution in [0.15, 0.2) is 53.1 Å². The molecule has 0 spiro atoms. The van der Waals surface area contributed by atoms with Gasteiger partial charge in [-0.05, 0) is 29.8 Å². The lowest BCUT2D eigenvalue weighted by molar-refractivity contribution is -0.110. The molecule has 0 aromatic heterocycles. The topological polar surface area (TPSA) is 101 Å². The lowest BCUT2D eigenvalue weighted by Gasteiger charge is -2.22. The number of para-hydroxylation sites is 1. The molecule has 2 aromatic rings. The minimum atomic E-state index is -3.79. The number of fused-ring (bicyclic) bond motifs is 2. The summed E-state index contributed by atoms with van der Waals surface area (Å²) in [6, 6.07) is 12.2. The molecule has 2 heterocycles. The van der Waals surface area contributed by atoms with E-state index < -0.39 is 15.4 Å². The van der Waals surface area contributed by atoms with E-state index in [1.165, 1.54) is 6.07 Å². The van der Waals surface area contributed by atoms with Crippen molar-refractivity contribution in [2.24, 2.45) is 5.14 Å². The zero-order valence-corrected chi connectivity index (χ0v) is 14.6. The van der Waals surface area contributed by atoms with Crippen molar-refractivity contribution < 1.29 is 13.2 Å². The van der Waals surface area contributed by atoms with Crippen molar-refractivity contribution in [1.82, 2.24) is 0 Å². The first-order chi connectivity index (χ1) is 11.7. The number of rotatable bonds is 1. The van der Waals surface area contributed by atoms with Gasteiger partial charge in [0.2, 0.25) is 10.0 Å². The molecule has 0 saturated heterocycles. The van der Waals surface area contributed by atoms with Gasteiger partial charge in [0.1, 0.15) is 0 Å². The maximum atomic E-state index is 12.6. The lowest BCUT2D eigenvalue weighted by atomic mass is 9.81. The van der Waals surface area contributed by atoms with Crippen LogP contribution in [0, 0.1) is 0 Å². The monoisotopic (exact) mass is 355 g/mol. The Bertz CT molecular complexity index is 1070. The van der Waals surface area contributed by atoms with Crippen molar-refractivity contribution in [3.05, 3.63) is 59.3 Å². The summed E-state index contributed by atoms with van der Waals surface area (Å²) < 4.78 is 23.4. The van der Waals surface area contributed by atoms with Gasteiger partial charge in [0, 0.05) is 28.1 Å². The van der Waals surface area contributed by atoms with Crippen molar-refractivity contribution in [2.45, 2.75) is 24.2 Å². The second-order valence-corrected chi connectivity index (χ2v) is 8.31. The molecule has 0 atom stereocenters. The van der Waals surface area contributed by atoms with Crippen LogP contribution in [-0.2, 0) is 20.2 Å². The molecule has 1 amide bonds. The van der Waals surface area contributed by atoms with Crippen molar-refractivity contribution in [3.8, 4) is 0 Å². The number of sulfonamides is 1. The van der Waals surface area contributed by atoms with Gasteiger partial charge >= 0.3 is 0 Å². The molecule has 0 radical (unpaired) electrons. The zero-order valence-electron chi connectivity index (χ0n) is 13.8. The van der Waals surface area contributed by atoms with E-state index in [0.29, 0.717) is 5.57 Å². The molecule has 0 bridgehead atoms. The average Bonchev–Trinajstić information content (AvgIpc) is 2.99. The molecule has 0 aliphatic carbocycles. The fourth-order valence-electron chi connectivity index (χ4n) is 3.49. The summed E-state index contributed by atoms with van der Waals surface area (Å²) in [6.07, 6.45) is 0. The van der Waals surface area contributed by atoms with E-state index in [1.807, 2.05) is 38.1 Å². The Balaban J connectivity index is 1.94. The summed E-state index contributed by atoms with van der Waals surface area (Å²) in [6.45, 7) is 3.91. The molecule has 2 aromatic carbocycles. The Morgan fingerprint density at radius 3 is 2.44 bits per heavy atom. The highest BCUT2D eigenvalue weighted by Gasteiger charge is 2.41. The van der Waals surface area contributed by atoms with E-state index in [1.54, 1.807) is 12.1 Å². The van der Waals surface area contributed by atoms with Crippen molar-refractivity contribution in [2.75, 3.05) is 10.6 Å². The van der Waals surface area contributed by atoms with Gasteiger partial charge in [0.15, 0.2) is 0 Å². The first-order valence-electron chi connectivity index (χ1n) is 7.79. The maximum Gasteiger partial charge on any atom is 0.258 e. The number of nitrogens with two attached hydrogens (primary N) is 1. The van der Waals surface area contributed by atoms with Crippen LogP contribution in [0.4, 0.5) is 11.4 Å². The van der Waals surface area contributed by atoms with Gasteiger partial charge in [-0.2, -0.15) is 0 Å². The SMILES string of the molecule is CC1(C)/C(=C2/C(=O)Nc3ccccc32)Nc2ccc(S(N)(=O)=O)cc21. The second kappa shape index (κ2) is 4.93. The van der Waals surface area contributed by atoms with Gasteiger partial charge in [-0.25, -0.2) is 13.6 Å². The number of carbonyl (C=O) groups is 1. The summed E-state index contributed by atoms with van der Waals surface area (Å²) in [5.74, 6) is -0.170. The number of nitrogens with one attached hydrogen (secondary N) is 2. The first kappa shape index (κ1) is 15.9. The van der Waals surface area contributed by atoms with Crippen LogP contribution < -0.4 is 15.8 Å². The molecule has 2 aliphatic rings. The maximum absolute atomic E-state index is 12.6. The molecule has 128 valence electrons. The van der Waals surface area contributed by atoms with Crippen LogP contribution in [0.1, 0.15) is 25.0 Å². The van der Waals surface area contributed by atoms with Gasteiger partial charge in [-0.1, -0.05) is 32.0 Å². The van der Waals surface area contributed by atoms with Gasteiger partial charge in [-0.15, -0.1) is 0 Å². The summed E-state index contributed by atoms with van der Waals surface area (Å²) in [5, 5.41) is 11.4. The highest BCUT2D eigenvalue weighted by atomic mass is 32.2. The van der Waals surface area contributed by atoms with E-state index in [0.717, 1.165) is 28.2 Å². The molecule has 4 rings (SSSR count). The summed E-state index contributed by atoms with van der Waals surface area (Å²) in [4.78, 5) is 12.6. The predicted octanol–water partition coefficient (Wildman–Crippen LogP) is 2.40. The standard InChI is InChI=1S/C18H17N3O3S/c1-18(2)12-9-10(25(19,23)24)7-8-14(12)20-16(18)15-11-5-3-4-6-13(11)21-17(15)22/h3-9,20H,1-2H3,(H,21,22)(H2,19,23,24)/b16-15-. The predicted molar refractivity (Wildman–Crippen MR) is 96.5 cm³/mol. The Morgan fingerprint density at radius 1 is 1.00 bits per heavy atom. The summed E-state index contributed by atoms with van der Waals surface area (Å²) in [5.41, 5.74) is 3.93. The molecular weight excluding hydrogens is 338 g/mol. The molecule has 0 unspecified atom stereocenters. The van der Waals surface area contributed by atoms with E-state index >= 15 is 0 Å². The number of amides is 1. The minimum Gasteiger partial charge on any atom is -0.357 e. The lowest BCUT2D eigenvalue weighted by Crippen LogP contribution is -2.22. The fraction of sp³-hybridized carbons (Fsp3) is 0.167. The van der Waals surface area contributed by atoms with E-state index in [9.17, 15) is 13.2 Å².